The first-order chi connectivity index (χ1) is 7.59. The van der Waals surface area contributed by atoms with Crippen LogP contribution < -0.4 is 10.4 Å². The van der Waals surface area contributed by atoms with Crippen molar-refractivity contribution in [3.05, 3.63) is 11.4 Å². The van der Waals surface area contributed by atoms with Gasteiger partial charge in [0.2, 0.25) is 5.95 Å². The number of aryl methyl sites for hydroxylation is 2. The number of rotatable bonds is 2. The highest BCUT2D eigenvalue weighted by molar-refractivity contribution is 6.59. The summed E-state index contributed by atoms with van der Waals surface area (Å²) in [4.78, 5) is 10.8. The van der Waals surface area contributed by atoms with Crippen molar-refractivity contribution in [1.82, 2.24) is 9.97 Å². The van der Waals surface area contributed by atoms with E-state index in [1.165, 1.54) is 12.8 Å². The number of aromatic nitrogens is 2. The second-order valence-corrected chi connectivity index (χ2v) is 4.18. The van der Waals surface area contributed by atoms with Gasteiger partial charge in [0.05, 0.1) is 0 Å². The lowest BCUT2D eigenvalue weighted by molar-refractivity contribution is 0.425. The van der Waals surface area contributed by atoms with Crippen molar-refractivity contribution in [1.29, 1.82) is 0 Å². The van der Waals surface area contributed by atoms with Crippen LogP contribution in [0.15, 0.2) is 0 Å². The molecule has 0 bridgehead atoms. The standard InChI is InChI=1S/C10H16BN3O2/c1-7-9(11(15)16)8(2)13-10(12-7)14-5-3-4-6-14/h15-16H,3-6H2,1-2H3. The highest BCUT2D eigenvalue weighted by atomic mass is 16.4. The summed E-state index contributed by atoms with van der Waals surface area (Å²) >= 11 is 0. The Hall–Kier alpha value is -1.14. The van der Waals surface area contributed by atoms with Crippen molar-refractivity contribution in [2.75, 3.05) is 18.0 Å². The molecule has 2 rings (SSSR count). The van der Waals surface area contributed by atoms with E-state index in [0.29, 0.717) is 22.8 Å². The van der Waals surface area contributed by atoms with E-state index < -0.39 is 7.12 Å². The summed E-state index contributed by atoms with van der Waals surface area (Å²) in [6, 6.07) is 0. The second-order valence-electron chi connectivity index (χ2n) is 4.18. The zero-order chi connectivity index (χ0) is 11.7. The Kier molecular flexibility index (Phi) is 3.11. The third-order valence-corrected chi connectivity index (χ3v) is 2.96. The molecule has 0 amide bonds. The molecule has 1 aromatic heterocycles. The molecular formula is C10H16BN3O2. The lowest BCUT2D eigenvalue weighted by Gasteiger charge is -2.17. The maximum absolute atomic E-state index is 9.20. The fourth-order valence-corrected chi connectivity index (χ4v) is 2.14. The van der Waals surface area contributed by atoms with Gasteiger partial charge in [0.25, 0.3) is 0 Å². The summed E-state index contributed by atoms with van der Waals surface area (Å²) in [5.41, 5.74) is 1.71. The molecule has 0 aliphatic carbocycles. The number of hydrogen-bond acceptors (Lipinski definition) is 5. The van der Waals surface area contributed by atoms with Crippen LogP contribution in [0.1, 0.15) is 24.2 Å². The molecule has 1 aliphatic rings. The van der Waals surface area contributed by atoms with Gasteiger partial charge < -0.3 is 14.9 Å². The fraction of sp³-hybridized carbons (Fsp3) is 0.600. The minimum absolute atomic E-state index is 0.419. The van der Waals surface area contributed by atoms with Crippen molar-refractivity contribution < 1.29 is 10.0 Å². The van der Waals surface area contributed by atoms with Gasteiger partial charge in [0.1, 0.15) is 0 Å². The molecule has 1 aromatic rings. The normalized spacial score (nSPS) is 15.6. The van der Waals surface area contributed by atoms with Crippen LogP contribution >= 0.6 is 0 Å². The molecule has 5 nitrogen and oxygen atoms in total. The van der Waals surface area contributed by atoms with Crippen LogP contribution in [0.3, 0.4) is 0 Å². The summed E-state index contributed by atoms with van der Waals surface area (Å²) in [6.45, 7) is 5.53. The van der Waals surface area contributed by atoms with Crippen molar-refractivity contribution in [2.45, 2.75) is 26.7 Å². The molecule has 0 spiro atoms. The molecule has 0 unspecified atom stereocenters. The summed E-state index contributed by atoms with van der Waals surface area (Å²) in [6.07, 6.45) is 2.34. The monoisotopic (exact) mass is 221 g/mol. The zero-order valence-corrected chi connectivity index (χ0v) is 9.64. The van der Waals surface area contributed by atoms with E-state index in [-0.39, 0.29) is 0 Å². The van der Waals surface area contributed by atoms with Gasteiger partial charge in [0, 0.05) is 29.9 Å². The highest BCUT2D eigenvalue weighted by Gasteiger charge is 2.22. The van der Waals surface area contributed by atoms with Gasteiger partial charge in [-0.25, -0.2) is 9.97 Å². The maximum atomic E-state index is 9.20. The topological polar surface area (TPSA) is 69.5 Å². The predicted octanol–water partition coefficient (Wildman–Crippen LogP) is -0.627. The Balaban J connectivity index is 2.36. The van der Waals surface area contributed by atoms with Crippen LogP contribution in [0.5, 0.6) is 0 Å². The van der Waals surface area contributed by atoms with Gasteiger partial charge in [-0.15, -0.1) is 0 Å². The molecule has 6 heteroatoms. The first-order valence-electron chi connectivity index (χ1n) is 5.56. The molecular weight excluding hydrogens is 205 g/mol. The SMILES string of the molecule is Cc1nc(N2CCCC2)nc(C)c1B(O)O. The van der Waals surface area contributed by atoms with E-state index >= 15 is 0 Å². The Morgan fingerprint density at radius 3 is 2.00 bits per heavy atom. The average Bonchev–Trinajstić information content (AvgIpc) is 2.67. The summed E-state index contributed by atoms with van der Waals surface area (Å²) in [5.74, 6) is 0.705. The summed E-state index contributed by atoms with van der Waals surface area (Å²) in [5, 5.41) is 18.4. The van der Waals surface area contributed by atoms with Gasteiger partial charge in [0.15, 0.2) is 0 Å². The van der Waals surface area contributed by atoms with Gasteiger partial charge >= 0.3 is 7.12 Å². The van der Waals surface area contributed by atoms with E-state index in [9.17, 15) is 10.0 Å². The quantitative estimate of drug-likeness (QED) is 0.651. The summed E-state index contributed by atoms with van der Waals surface area (Å²) in [7, 11) is -1.49. The third kappa shape index (κ3) is 2.03. The van der Waals surface area contributed by atoms with Crippen LogP contribution in [0.2, 0.25) is 0 Å². The molecule has 0 aromatic carbocycles. The van der Waals surface area contributed by atoms with Crippen LogP contribution in [-0.4, -0.2) is 40.2 Å². The molecule has 1 fully saturated rings. The Bertz CT molecular complexity index is 369. The third-order valence-electron chi connectivity index (χ3n) is 2.96. The van der Waals surface area contributed by atoms with E-state index in [1.54, 1.807) is 13.8 Å². The number of nitrogens with zero attached hydrogens (tertiary/aromatic N) is 3. The highest BCUT2D eigenvalue weighted by Crippen LogP contribution is 2.15. The zero-order valence-electron chi connectivity index (χ0n) is 9.64. The fourth-order valence-electron chi connectivity index (χ4n) is 2.14. The average molecular weight is 221 g/mol. The number of anilines is 1. The first kappa shape index (κ1) is 11.4. The van der Waals surface area contributed by atoms with Gasteiger partial charge in [-0.05, 0) is 26.7 Å². The Morgan fingerprint density at radius 2 is 1.56 bits per heavy atom. The van der Waals surface area contributed by atoms with Crippen molar-refractivity contribution in [2.24, 2.45) is 0 Å². The first-order valence-corrected chi connectivity index (χ1v) is 5.56. The van der Waals surface area contributed by atoms with E-state index in [1.807, 2.05) is 0 Å². The van der Waals surface area contributed by atoms with Crippen molar-refractivity contribution in [3.63, 3.8) is 0 Å². The Labute approximate surface area is 95.3 Å². The molecule has 0 saturated carbocycles. The van der Waals surface area contributed by atoms with E-state index in [2.05, 4.69) is 14.9 Å². The van der Waals surface area contributed by atoms with Gasteiger partial charge in [-0.1, -0.05) is 0 Å². The summed E-state index contributed by atoms with van der Waals surface area (Å²) < 4.78 is 0. The molecule has 1 aliphatic heterocycles. The van der Waals surface area contributed by atoms with E-state index in [4.69, 9.17) is 0 Å². The smallest absolute Gasteiger partial charge is 0.423 e. The maximum Gasteiger partial charge on any atom is 0.492 e. The van der Waals surface area contributed by atoms with Crippen molar-refractivity contribution >= 4 is 18.5 Å². The lowest BCUT2D eigenvalue weighted by Crippen LogP contribution is -2.37. The van der Waals surface area contributed by atoms with Gasteiger partial charge in [-0.2, -0.15) is 0 Å². The Morgan fingerprint density at radius 1 is 1.06 bits per heavy atom. The molecule has 2 N–H and O–H groups in total. The molecule has 16 heavy (non-hydrogen) atoms. The molecule has 0 atom stereocenters. The predicted molar refractivity (Wildman–Crippen MR) is 62.8 cm³/mol. The van der Waals surface area contributed by atoms with E-state index in [0.717, 1.165) is 13.1 Å². The largest absolute Gasteiger partial charge is 0.492 e. The van der Waals surface area contributed by atoms with Crippen LogP contribution in [0, 0.1) is 13.8 Å². The molecule has 2 heterocycles. The molecule has 0 radical (unpaired) electrons. The van der Waals surface area contributed by atoms with Crippen LogP contribution in [0.25, 0.3) is 0 Å². The second kappa shape index (κ2) is 4.39. The van der Waals surface area contributed by atoms with Gasteiger partial charge in [-0.3, -0.25) is 0 Å². The molecule has 86 valence electrons. The lowest BCUT2D eigenvalue weighted by atomic mass is 9.78. The minimum Gasteiger partial charge on any atom is -0.423 e. The minimum atomic E-state index is -1.49. The van der Waals surface area contributed by atoms with Crippen LogP contribution in [0.4, 0.5) is 5.95 Å². The van der Waals surface area contributed by atoms with Crippen molar-refractivity contribution in [3.8, 4) is 0 Å². The number of hydrogen-bond donors (Lipinski definition) is 2. The molecule has 1 saturated heterocycles. The van der Waals surface area contributed by atoms with Crippen LogP contribution in [-0.2, 0) is 0 Å².